The van der Waals surface area contributed by atoms with Crippen molar-refractivity contribution < 1.29 is 4.74 Å². The van der Waals surface area contributed by atoms with E-state index in [1.807, 2.05) is 44.2 Å². The number of hydrogen-bond acceptors (Lipinski definition) is 4. The first kappa shape index (κ1) is 15.5. The summed E-state index contributed by atoms with van der Waals surface area (Å²) in [6.45, 7) is 3.85. The lowest BCUT2D eigenvalue weighted by Crippen LogP contribution is -2.45. The molecule has 0 aliphatic rings. The number of nitriles is 1. The second kappa shape index (κ2) is 6.25. The van der Waals surface area contributed by atoms with E-state index >= 15 is 0 Å². The molecule has 1 unspecified atom stereocenters. The molecule has 0 aliphatic heterocycles. The fourth-order valence-corrected chi connectivity index (χ4v) is 2.21. The predicted octanol–water partition coefficient (Wildman–Crippen LogP) is 3.36. The minimum Gasteiger partial charge on any atom is -0.480 e. The normalized spacial score (nSPS) is 14.8. The van der Waals surface area contributed by atoms with E-state index in [4.69, 9.17) is 15.7 Å². The van der Waals surface area contributed by atoms with Crippen molar-refractivity contribution >= 4 is 15.9 Å². The first-order valence-corrected chi connectivity index (χ1v) is 7.32. The van der Waals surface area contributed by atoms with Crippen molar-refractivity contribution in [1.82, 2.24) is 4.98 Å². The van der Waals surface area contributed by atoms with Gasteiger partial charge >= 0.3 is 0 Å². The number of ether oxygens (including phenoxy) is 1. The average molecular weight is 346 g/mol. The van der Waals surface area contributed by atoms with Gasteiger partial charge in [-0.1, -0.05) is 28.1 Å². The zero-order valence-electron chi connectivity index (χ0n) is 11.9. The third-order valence-corrected chi connectivity index (χ3v) is 4.00. The molecule has 5 heteroatoms. The van der Waals surface area contributed by atoms with E-state index in [1.54, 1.807) is 12.1 Å². The van der Waals surface area contributed by atoms with E-state index in [9.17, 15) is 0 Å². The third-order valence-electron chi connectivity index (χ3n) is 3.47. The molecule has 1 heterocycles. The minimum atomic E-state index is -0.684. The van der Waals surface area contributed by atoms with E-state index < -0.39 is 5.60 Å². The monoisotopic (exact) mass is 345 g/mol. The lowest BCUT2D eigenvalue weighted by Gasteiger charge is -2.34. The van der Waals surface area contributed by atoms with Crippen molar-refractivity contribution in [1.29, 1.82) is 5.26 Å². The van der Waals surface area contributed by atoms with Crippen molar-refractivity contribution in [3.05, 3.63) is 58.3 Å². The summed E-state index contributed by atoms with van der Waals surface area (Å²) in [5.41, 5.74) is 6.78. The molecule has 0 amide bonds. The van der Waals surface area contributed by atoms with Crippen LogP contribution in [0.15, 0.2) is 47.1 Å². The molecule has 108 valence electrons. The summed E-state index contributed by atoms with van der Waals surface area (Å²) in [5, 5.41) is 8.78. The Morgan fingerprint density at radius 1 is 1.29 bits per heavy atom. The molecule has 2 N–H and O–H groups in total. The van der Waals surface area contributed by atoms with Crippen LogP contribution in [-0.2, 0) is 5.60 Å². The van der Waals surface area contributed by atoms with E-state index in [0.29, 0.717) is 11.4 Å². The molecule has 0 bridgehead atoms. The maximum atomic E-state index is 8.78. The van der Waals surface area contributed by atoms with Crippen LogP contribution in [0, 0.1) is 11.3 Å². The van der Waals surface area contributed by atoms with Gasteiger partial charge in [0.1, 0.15) is 23.1 Å². The van der Waals surface area contributed by atoms with Gasteiger partial charge in [0.15, 0.2) is 0 Å². The second-order valence-corrected chi connectivity index (χ2v) is 5.91. The van der Waals surface area contributed by atoms with Gasteiger partial charge in [-0.3, -0.25) is 0 Å². The maximum absolute atomic E-state index is 8.78. The van der Waals surface area contributed by atoms with Gasteiger partial charge in [0, 0.05) is 10.5 Å². The van der Waals surface area contributed by atoms with E-state index in [-0.39, 0.29) is 6.04 Å². The van der Waals surface area contributed by atoms with Crippen molar-refractivity contribution in [2.75, 3.05) is 0 Å². The number of rotatable bonds is 4. The summed E-state index contributed by atoms with van der Waals surface area (Å²) < 4.78 is 7.08. The lowest BCUT2D eigenvalue weighted by atomic mass is 9.89. The van der Waals surface area contributed by atoms with Crippen molar-refractivity contribution in [3.63, 3.8) is 0 Å². The van der Waals surface area contributed by atoms with Gasteiger partial charge in [0.25, 0.3) is 0 Å². The summed E-state index contributed by atoms with van der Waals surface area (Å²) in [6.07, 6.45) is 1.54. The standard InChI is InChI=1S/C16H16BrN3O/c1-11(19)16(2,12-3-5-13(17)6-4-12)21-15-8-7-14(9-18)20-10-15/h3-8,10-11H,19H2,1-2H3/t11?,16-/m1/s1. The molecule has 2 aromatic rings. The Labute approximate surface area is 132 Å². The summed E-state index contributed by atoms with van der Waals surface area (Å²) in [7, 11) is 0. The number of halogens is 1. The molecule has 1 aromatic carbocycles. The largest absolute Gasteiger partial charge is 0.480 e. The smallest absolute Gasteiger partial charge is 0.146 e. The number of aromatic nitrogens is 1. The van der Waals surface area contributed by atoms with E-state index in [2.05, 4.69) is 20.9 Å². The molecule has 2 atom stereocenters. The molecular formula is C16H16BrN3O. The highest BCUT2D eigenvalue weighted by molar-refractivity contribution is 9.10. The van der Waals surface area contributed by atoms with Gasteiger partial charge in [0.2, 0.25) is 0 Å². The van der Waals surface area contributed by atoms with Crippen LogP contribution >= 0.6 is 15.9 Å². The fourth-order valence-electron chi connectivity index (χ4n) is 1.95. The predicted molar refractivity (Wildman–Crippen MR) is 84.7 cm³/mol. The SMILES string of the molecule is CC(N)[C@@](C)(Oc1ccc(C#N)nc1)c1ccc(Br)cc1. The minimum absolute atomic E-state index is 0.227. The van der Waals surface area contributed by atoms with Gasteiger partial charge in [-0.05, 0) is 43.7 Å². The topological polar surface area (TPSA) is 71.9 Å². The highest BCUT2D eigenvalue weighted by Gasteiger charge is 2.33. The van der Waals surface area contributed by atoms with Crippen LogP contribution < -0.4 is 10.5 Å². The van der Waals surface area contributed by atoms with Gasteiger partial charge in [-0.2, -0.15) is 5.26 Å². The Hall–Kier alpha value is -1.90. The van der Waals surface area contributed by atoms with Crippen molar-refractivity contribution in [3.8, 4) is 11.8 Å². The fraction of sp³-hybridized carbons (Fsp3) is 0.250. The Kier molecular flexibility index (Phi) is 4.61. The summed E-state index contributed by atoms with van der Waals surface area (Å²) in [4.78, 5) is 4.01. The first-order chi connectivity index (χ1) is 9.95. The third kappa shape index (κ3) is 3.41. The zero-order valence-corrected chi connectivity index (χ0v) is 13.5. The van der Waals surface area contributed by atoms with Gasteiger partial charge < -0.3 is 10.5 Å². The molecule has 0 saturated carbocycles. The molecule has 0 radical (unpaired) electrons. The number of benzene rings is 1. The van der Waals surface area contributed by atoms with E-state index in [1.165, 1.54) is 6.20 Å². The first-order valence-electron chi connectivity index (χ1n) is 6.52. The highest BCUT2D eigenvalue weighted by Crippen LogP contribution is 2.31. The van der Waals surface area contributed by atoms with E-state index in [0.717, 1.165) is 10.0 Å². The molecule has 0 spiro atoms. The summed E-state index contributed by atoms with van der Waals surface area (Å²) in [6, 6.07) is 13.0. The average Bonchev–Trinajstić information content (AvgIpc) is 2.48. The maximum Gasteiger partial charge on any atom is 0.146 e. The Morgan fingerprint density at radius 3 is 2.43 bits per heavy atom. The van der Waals surface area contributed by atoms with Crippen LogP contribution in [0.4, 0.5) is 0 Å². The number of hydrogen-bond donors (Lipinski definition) is 1. The van der Waals surface area contributed by atoms with Crippen LogP contribution in [0.3, 0.4) is 0 Å². The van der Waals surface area contributed by atoms with Crippen molar-refractivity contribution in [2.24, 2.45) is 5.73 Å². The summed E-state index contributed by atoms with van der Waals surface area (Å²) in [5.74, 6) is 0.580. The highest BCUT2D eigenvalue weighted by atomic mass is 79.9. The zero-order chi connectivity index (χ0) is 15.5. The number of pyridine rings is 1. The molecule has 1 aromatic heterocycles. The number of nitrogens with two attached hydrogens (primary N) is 1. The van der Waals surface area contributed by atoms with Gasteiger partial charge in [0.05, 0.1) is 6.20 Å². The Balaban J connectivity index is 2.33. The molecule has 0 fully saturated rings. The quantitative estimate of drug-likeness (QED) is 0.921. The second-order valence-electron chi connectivity index (χ2n) is 5.00. The molecule has 21 heavy (non-hydrogen) atoms. The van der Waals surface area contributed by atoms with Crippen LogP contribution in [0.1, 0.15) is 25.1 Å². The van der Waals surface area contributed by atoms with Gasteiger partial charge in [-0.25, -0.2) is 4.98 Å². The number of nitrogens with zero attached hydrogens (tertiary/aromatic N) is 2. The van der Waals surface area contributed by atoms with Crippen molar-refractivity contribution in [2.45, 2.75) is 25.5 Å². The summed E-state index contributed by atoms with van der Waals surface area (Å²) >= 11 is 3.42. The molecule has 0 saturated heterocycles. The van der Waals surface area contributed by atoms with Gasteiger partial charge in [-0.15, -0.1) is 0 Å². The van der Waals surface area contributed by atoms with Crippen LogP contribution in [0.5, 0.6) is 5.75 Å². The molecule has 2 rings (SSSR count). The van der Waals surface area contributed by atoms with Crippen LogP contribution in [0.25, 0.3) is 0 Å². The van der Waals surface area contributed by atoms with Crippen LogP contribution in [0.2, 0.25) is 0 Å². The molecule has 0 aliphatic carbocycles. The molecular weight excluding hydrogens is 330 g/mol. The Bertz CT molecular complexity index is 647. The molecule has 4 nitrogen and oxygen atoms in total. The Morgan fingerprint density at radius 2 is 1.95 bits per heavy atom. The van der Waals surface area contributed by atoms with Crippen LogP contribution in [-0.4, -0.2) is 11.0 Å². The lowest BCUT2D eigenvalue weighted by molar-refractivity contribution is 0.0631.